The summed E-state index contributed by atoms with van der Waals surface area (Å²) in [7, 11) is 1.55. The molecule has 3 heterocycles. The van der Waals surface area contributed by atoms with E-state index >= 15 is 4.39 Å². The van der Waals surface area contributed by atoms with Crippen molar-refractivity contribution in [2.45, 2.75) is 45.1 Å². The van der Waals surface area contributed by atoms with Crippen LogP contribution in [-0.4, -0.2) is 48.4 Å². The highest BCUT2D eigenvalue weighted by molar-refractivity contribution is 6.31. The SMILES string of the molecule is Cn1ncc(-c2cc3c(CO)n[nH]c(=O)c3c(OCC(C)(C)F)n2)c1-c1c(F)c(Cl)cc(OC2CC2)c1C#N. The molecule has 1 fully saturated rings. The van der Waals surface area contributed by atoms with Crippen LogP contribution >= 0.6 is 11.6 Å². The number of nitriles is 1. The van der Waals surface area contributed by atoms with Gasteiger partial charge in [-0.3, -0.25) is 9.48 Å². The molecule has 1 aliphatic rings. The van der Waals surface area contributed by atoms with Gasteiger partial charge >= 0.3 is 0 Å². The van der Waals surface area contributed by atoms with Crippen molar-refractivity contribution in [3.63, 3.8) is 0 Å². The number of fused-ring (bicyclic) bond motifs is 1. The Bertz CT molecular complexity index is 1700. The summed E-state index contributed by atoms with van der Waals surface area (Å²) in [4.78, 5) is 17.1. The average Bonchev–Trinajstić information content (AvgIpc) is 3.63. The minimum atomic E-state index is -1.76. The molecule has 202 valence electrons. The second-order valence-corrected chi connectivity index (χ2v) is 10.2. The van der Waals surface area contributed by atoms with E-state index in [4.69, 9.17) is 21.1 Å². The van der Waals surface area contributed by atoms with E-state index in [1.807, 2.05) is 6.07 Å². The quantitative estimate of drug-likeness (QED) is 0.329. The molecular weight excluding hydrogens is 534 g/mol. The smallest absolute Gasteiger partial charge is 0.277 e. The van der Waals surface area contributed by atoms with Crippen LogP contribution in [0.15, 0.2) is 23.1 Å². The van der Waals surface area contributed by atoms with E-state index in [1.54, 1.807) is 7.05 Å². The van der Waals surface area contributed by atoms with Gasteiger partial charge in [0.25, 0.3) is 5.56 Å². The second kappa shape index (κ2) is 9.91. The number of halogens is 3. The number of pyridine rings is 1. The molecular formula is C26H23ClF2N6O4. The molecule has 0 bridgehead atoms. The summed E-state index contributed by atoms with van der Waals surface area (Å²) in [5.41, 5.74) is -1.97. The standard InChI is InChI=1S/C26H23ClF2N6O4/c1-26(2,29)11-38-25-21-13(18(10-36)33-34-24(21)37)6-17(32-25)15-9-31-35(3)23(15)20-14(8-30)19(39-12-4-5-12)7-16(27)22(20)28/h6-7,9,12,36H,4-5,10-11H2,1-3H3,(H,34,37). The first-order chi connectivity index (χ1) is 18.5. The largest absolute Gasteiger partial charge is 0.489 e. The Balaban J connectivity index is 1.78. The molecule has 0 radical (unpaired) electrons. The number of alkyl halides is 1. The Kier molecular flexibility index (Phi) is 6.74. The van der Waals surface area contributed by atoms with Crippen molar-refractivity contribution in [2.75, 3.05) is 6.61 Å². The van der Waals surface area contributed by atoms with Crippen LogP contribution in [0.1, 0.15) is 37.9 Å². The number of hydrogen-bond acceptors (Lipinski definition) is 8. The number of nitrogens with zero attached hydrogens (tertiary/aromatic N) is 5. The molecule has 0 amide bonds. The van der Waals surface area contributed by atoms with Crippen LogP contribution in [-0.2, 0) is 13.7 Å². The van der Waals surface area contributed by atoms with E-state index in [0.717, 1.165) is 12.8 Å². The third-order valence-electron chi connectivity index (χ3n) is 6.08. The van der Waals surface area contributed by atoms with Gasteiger partial charge in [-0.25, -0.2) is 18.9 Å². The molecule has 10 nitrogen and oxygen atoms in total. The molecule has 0 saturated heterocycles. The zero-order valence-corrected chi connectivity index (χ0v) is 21.9. The van der Waals surface area contributed by atoms with Crippen LogP contribution in [0.5, 0.6) is 11.6 Å². The van der Waals surface area contributed by atoms with Crippen LogP contribution in [0, 0.1) is 17.1 Å². The molecule has 39 heavy (non-hydrogen) atoms. The molecule has 0 unspecified atom stereocenters. The Morgan fingerprint density at radius 1 is 1.36 bits per heavy atom. The first kappa shape index (κ1) is 26.5. The highest BCUT2D eigenvalue weighted by Crippen LogP contribution is 2.43. The summed E-state index contributed by atoms with van der Waals surface area (Å²) in [6, 6.07) is 4.76. The fourth-order valence-electron chi connectivity index (χ4n) is 4.12. The van der Waals surface area contributed by atoms with Gasteiger partial charge in [-0.15, -0.1) is 0 Å². The number of nitrogens with one attached hydrogen (secondary N) is 1. The fourth-order valence-corrected chi connectivity index (χ4v) is 4.32. The molecule has 1 aromatic carbocycles. The van der Waals surface area contributed by atoms with E-state index in [9.17, 15) is 19.6 Å². The van der Waals surface area contributed by atoms with Crippen LogP contribution in [0.4, 0.5) is 8.78 Å². The number of aromatic amines is 1. The van der Waals surface area contributed by atoms with Crippen LogP contribution in [0.25, 0.3) is 33.3 Å². The topological polar surface area (TPSA) is 139 Å². The third-order valence-corrected chi connectivity index (χ3v) is 6.36. The number of benzene rings is 1. The molecule has 2 N–H and O–H groups in total. The van der Waals surface area contributed by atoms with E-state index in [2.05, 4.69) is 20.3 Å². The Hall–Kier alpha value is -4.08. The summed E-state index contributed by atoms with van der Waals surface area (Å²) < 4.78 is 42.8. The van der Waals surface area contributed by atoms with E-state index in [1.165, 1.54) is 36.9 Å². The predicted molar refractivity (Wildman–Crippen MR) is 138 cm³/mol. The van der Waals surface area contributed by atoms with Crippen molar-refractivity contribution in [1.82, 2.24) is 25.0 Å². The van der Waals surface area contributed by atoms with Crippen molar-refractivity contribution < 1.29 is 23.4 Å². The van der Waals surface area contributed by atoms with Gasteiger partial charge in [0.1, 0.15) is 35.0 Å². The third kappa shape index (κ3) is 5.03. The zero-order chi connectivity index (χ0) is 28.1. The average molecular weight is 557 g/mol. The van der Waals surface area contributed by atoms with Crippen LogP contribution in [0.3, 0.4) is 0 Å². The van der Waals surface area contributed by atoms with Crippen molar-refractivity contribution in [2.24, 2.45) is 7.05 Å². The van der Waals surface area contributed by atoms with Gasteiger partial charge < -0.3 is 14.6 Å². The van der Waals surface area contributed by atoms with Crippen molar-refractivity contribution in [1.29, 1.82) is 5.26 Å². The number of aliphatic hydroxyl groups excluding tert-OH is 1. The lowest BCUT2D eigenvalue weighted by molar-refractivity contribution is 0.118. The number of aromatic nitrogens is 5. The van der Waals surface area contributed by atoms with Crippen molar-refractivity contribution in [3.05, 3.63) is 50.8 Å². The summed E-state index contributed by atoms with van der Waals surface area (Å²) in [5.74, 6) is -0.925. The minimum absolute atomic E-state index is 0.0424. The van der Waals surface area contributed by atoms with Crippen molar-refractivity contribution >= 4 is 22.4 Å². The second-order valence-electron chi connectivity index (χ2n) is 9.78. The highest BCUT2D eigenvalue weighted by Gasteiger charge is 2.30. The van der Waals surface area contributed by atoms with E-state index in [0.29, 0.717) is 0 Å². The Morgan fingerprint density at radius 2 is 2.10 bits per heavy atom. The number of rotatable bonds is 8. The molecule has 5 rings (SSSR count). The molecule has 0 atom stereocenters. The van der Waals surface area contributed by atoms with E-state index in [-0.39, 0.29) is 67.3 Å². The van der Waals surface area contributed by atoms with Gasteiger partial charge in [0, 0.05) is 24.1 Å². The molecule has 3 aromatic heterocycles. The molecule has 0 aliphatic heterocycles. The maximum atomic E-state index is 15.6. The molecule has 1 aliphatic carbocycles. The molecule has 1 saturated carbocycles. The number of aryl methyl sites for hydroxylation is 1. The normalized spacial score (nSPS) is 13.5. The maximum Gasteiger partial charge on any atom is 0.277 e. The summed E-state index contributed by atoms with van der Waals surface area (Å²) >= 11 is 6.22. The monoisotopic (exact) mass is 556 g/mol. The van der Waals surface area contributed by atoms with Gasteiger partial charge in [-0.05, 0) is 32.8 Å². The van der Waals surface area contributed by atoms with Crippen molar-refractivity contribution in [3.8, 4) is 40.2 Å². The van der Waals surface area contributed by atoms with Gasteiger partial charge in [0.2, 0.25) is 5.88 Å². The maximum absolute atomic E-state index is 15.6. The lowest BCUT2D eigenvalue weighted by atomic mass is 9.98. The summed E-state index contributed by atoms with van der Waals surface area (Å²) in [5, 5.41) is 30.2. The number of ether oxygens (including phenoxy) is 2. The number of H-pyrrole nitrogens is 1. The molecule has 0 spiro atoms. The lowest BCUT2D eigenvalue weighted by Crippen LogP contribution is -2.24. The van der Waals surface area contributed by atoms with Gasteiger partial charge in [-0.1, -0.05) is 11.6 Å². The van der Waals surface area contributed by atoms with Crippen LogP contribution < -0.4 is 15.0 Å². The molecule has 13 heteroatoms. The predicted octanol–water partition coefficient (Wildman–Crippen LogP) is 4.21. The van der Waals surface area contributed by atoms with Crippen LogP contribution in [0.2, 0.25) is 5.02 Å². The number of hydrogen-bond donors (Lipinski definition) is 2. The number of aliphatic hydroxyl groups is 1. The summed E-state index contributed by atoms with van der Waals surface area (Å²) in [6.07, 6.45) is 2.94. The van der Waals surface area contributed by atoms with Gasteiger partial charge in [0.15, 0.2) is 5.82 Å². The molecule has 4 aromatic rings. The zero-order valence-electron chi connectivity index (χ0n) is 21.2. The highest BCUT2D eigenvalue weighted by atomic mass is 35.5. The first-order valence-electron chi connectivity index (χ1n) is 12.0. The first-order valence-corrected chi connectivity index (χ1v) is 12.4. The fraction of sp³-hybridized carbons (Fsp3) is 0.346. The Morgan fingerprint density at radius 3 is 2.74 bits per heavy atom. The summed E-state index contributed by atoms with van der Waals surface area (Å²) in [6.45, 7) is 1.64. The van der Waals surface area contributed by atoms with E-state index < -0.39 is 30.3 Å². The lowest BCUT2D eigenvalue weighted by Gasteiger charge is -2.17. The van der Waals surface area contributed by atoms with Gasteiger partial charge in [0.05, 0.1) is 46.6 Å². The Labute approximate surface area is 225 Å². The minimum Gasteiger partial charge on any atom is -0.489 e. The van der Waals surface area contributed by atoms with Gasteiger partial charge in [-0.2, -0.15) is 15.5 Å².